The van der Waals surface area contributed by atoms with Crippen molar-refractivity contribution in [3.05, 3.63) is 103 Å². The Morgan fingerprint density at radius 1 is 1.05 bits per heavy atom. The fourth-order valence-electron chi connectivity index (χ4n) is 3.90. The normalized spacial score (nSPS) is 11.0. The van der Waals surface area contributed by atoms with Crippen LogP contribution >= 0.6 is 27.5 Å². The largest absolute Gasteiger partial charge is 0.490 e. The molecule has 0 saturated carbocycles. The lowest BCUT2D eigenvalue weighted by Crippen LogP contribution is -2.34. The predicted octanol–water partition coefficient (Wildman–Crippen LogP) is 4.97. The van der Waals surface area contributed by atoms with Gasteiger partial charge in [-0.15, -0.1) is 0 Å². The van der Waals surface area contributed by atoms with Gasteiger partial charge >= 0.3 is 11.8 Å². The SMILES string of the molecule is CCOc1cc(C=NNC(=O)C(=O)Nc2c(C)n(C)n(-c3ccccc3)c2=O)cc(Br)c1OCc1ccc(Cl)cc1. The first-order valence-corrected chi connectivity index (χ1v) is 13.7. The number of hydrogen-bond acceptors (Lipinski definition) is 6. The number of carbonyl (C=O) groups excluding carboxylic acids is 2. The molecule has 1 heterocycles. The summed E-state index contributed by atoms with van der Waals surface area (Å²) >= 11 is 9.45. The lowest BCUT2D eigenvalue weighted by atomic mass is 10.2. The van der Waals surface area contributed by atoms with Gasteiger partial charge < -0.3 is 14.8 Å². The van der Waals surface area contributed by atoms with Crippen LogP contribution in [-0.4, -0.2) is 34.0 Å². The van der Waals surface area contributed by atoms with Crippen molar-refractivity contribution in [3.8, 4) is 17.2 Å². The van der Waals surface area contributed by atoms with Crippen molar-refractivity contribution in [2.45, 2.75) is 20.5 Å². The lowest BCUT2D eigenvalue weighted by molar-refractivity contribution is -0.136. The second-order valence-corrected chi connectivity index (χ2v) is 10.1. The summed E-state index contributed by atoms with van der Waals surface area (Å²) in [6.07, 6.45) is 1.36. The molecule has 0 spiro atoms. The average molecular weight is 641 g/mol. The maximum atomic E-state index is 13.0. The molecule has 0 fully saturated rings. The number of nitrogens with zero attached hydrogens (tertiary/aromatic N) is 3. The minimum Gasteiger partial charge on any atom is -0.490 e. The third-order valence-electron chi connectivity index (χ3n) is 6.01. The van der Waals surface area contributed by atoms with Gasteiger partial charge in [-0.05, 0) is 77.3 Å². The van der Waals surface area contributed by atoms with Crippen LogP contribution in [0.2, 0.25) is 5.02 Å². The average Bonchev–Trinajstić information content (AvgIpc) is 3.16. The number of nitrogens with one attached hydrogen (secondary N) is 2. The van der Waals surface area contributed by atoms with E-state index in [0.29, 0.717) is 51.2 Å². The second kappa shape index (κ2) is 13.3. The summed E-state index contributed by atoms with van der Waals surface area (Å²) < 4.78 is 15.3. The van der Waals surface area contributed by atoms with E-state index in [1.54, 1.807) is 67.2 Å². The number of anilines is 1. The van der Waals surface area contributed by atoms with Crippen molar-refractivity contribution in [1.82, 2.24) is 14.8 Å². The molecular formula is C29H27BrClN5O5. The topological polar surface area (TPSA) is 116 Å². The Morgan fingerprint density at radius 2 is 1.76 bits per heavy atom. The number of halogens is 2. The zero-order valence-electron chi connectivity index (χ0n) is 22.5. The van der Waals surface area contributed by atoms with Crippen LogP contribution in [-0.2, 0) is 23.2 Å². The van der Waals surface area contributed by atoms with Gasteiger partial charge in [-0.1, -0.05) is 41.9 Å². The molecule has 41 heavy (non-hydrogen) atoms. The first kappa shape index (κ1) is 29.6. The molecule has 12 heteroatoms. The van der Waals surface area contributed by atoms with Crippen LogP contribution in [0.3, 0.4) is 0 Å². The molecule has 10 nitrogen and oxygen atoms in total. The molecule has 2 N–H and O–H groups in total. The zero-order chi connectivity index (χ0) is 29.5. The number of para-hydroxylation sites is 1. The Bertz CT molecular complexity index is 1650. The summed E-state index contributed by atoms with van der Waals surface area (Å²) in [5.41, 5.74) is 4.33. The number of carbonyl (C=O) groups is 2. The van der Waals surface area contributed by atoms with Crippen molar-refractivity contribution >= 4 is 51.2 Å². The van der Waals surface area contributed by atoms with Gasteiger partial charge in [-0.2, -0.15) is 5.10 Å². The van der Waals surface area contributed by atoms with Gasteiger partial charge in [0.05, 0.1) is 28.7 Å². The van der Waals surface area contributed by atoms with E-state index < -0.39 is 17.4 Å². The van der Waals surface area contributed by atoms with Crippen LogP contribution in [0.5, 0.6) is 11.5 Å². The van der Waals surface area contributed by atoms with E-state index in [-0.39, 0.29) is 5.69 Å². The summed E-state index contributed by atoms with van der Waals surface area (Å²) in [7, 11) is 1.69. The number of hydrazone groups is 1. The zero-order valence-corrected chi connectivity index (χ0v) is 24.8. The first-order valence-electron chi connectivity index (χ1n) is 12.5. The third kappa shape index (κ3) is 7.05. The number of benzene rings is 3. The molecule has 0 saturated heterocycles. The first-order chi connectivity index (χ1) is 19.7. The molecule has 0 radical (unpaired) electrons. The standard InChI is InChI=1S/C29H27BrClN5O5/c1-4-40-24-15-20(14-23(30)26(24)41-17-19-10-12-21(31)13-11-19)16-32-34-28(38)27(37)33-25-18(2)35(3)36(29(25)39)22-8-6-5-7-9-22/h5-16H,4,17H2,1-3H3,(H,33,37)(H,34,38). The quantitative estimate of drug-likeness (QED) is 0.152. The van der Waals surface area contributed by atoms with Crippen molar-refractivity contribution in [1.29, 1.82) is 0 Å². The summed E-state index contributed by atoms with van der Waals surface area (Å²) in [4.78, 5) is 38.0. The van der Waals surface area contributed by atoms with E-state index in [2.05, 4.69) is 31.8 Å². The molecule has 4 aromatic rings. The van der Waals surface area contributed by atoms with Gasteiger partial charge in [0, 0.05) is 12.1 Å². The summed E-state index contributed by atoms with van der Waals surface area (Å²) in [5, 5.41) is 6.93. The molecule has 0 bridgehead atoms. The minimum absolute atomic E-state index is 0.0000385. The van der Waals surface area contributed by atoms with Gasteiger partial charge in [0.1, 0.15) is 12.3 Å². The smallest absolute Gasteiger partial charge is 0.329 e. The van der Waals surface area contributed by atoms with Crippen molar-refractivity contribution in [2.75, 3.05) is 11.9 Å². The number of aromatic nitrogens is 2. The number of hydrogen-bond donors (Lipinski definition) is 2. The Morgan fingerprint density at radius 3 is 2.44 bits per heavy atom. The fourth-order valence-corrected chi connectivity index (χ4v) is 4.60. The summed E-state index contributed by atoms with van der Waals surface area (Å²) in [6, 6.07) is 19.7. The minimum atomic E-state index is -1.04. The molecule has 212 valence electrons. The van der Waals surface area contributed by atoms with E-state index in [1.807, 2.05) is 25.1 Å². The monoisotopic (exact) mass is 639 g/mol. The molecule has 0 aliphatic rings. The fraction of sp³-hybridized carbons (Fsp3) is 0.172. The molecule has 1 aromatic heterocycles. The second-order valence-electron chi connectivity index (χ2n) is 8.77. The van der Waals surface area contributed by atoms with Crippen molar-refractivity contribution < 1.29 is 19.1 Å². The third-order valence-corrected chi connectivity index (χ3v) is 6.85. The van der Waals surface area contributed by atoms with Crippen LogP contribution < -0.4 is 25.8 Å². The molecule has 0 unspecified atom stereocenters. The molecule has 4 rings (SSSR count). The molecule has 0 aliphatic heterocycles. The van der Waals surface area contributed by atoms with Crippen molar-refractivity contribution in [2.24, 2.45) is 12.1 Å². The highest BCUT2D eigenvalue weighted by molar-refractivity contribution is 9.10. The highest BCUT2D eigenvalue weighted by Crippen LogP contribution is 2.37. The Labute approximate surface area is 249 Å². The van der Waals surface area contributed by atoms with Crippen LogP contribution in [0.25, 0.3) is 5.69 Å². The van der Waals surface area contributed by atoms with E-state index in [9.17, 15) is 14.4 Å². The van der Waals surface area contributed by atoms with Gasteiger partial charge in [0.25, 0.3) is 5.56 Å². The summed E-state index contributed by atoms with van der Waals surface area (Å²) in [6.45, 7) is 4.21. The van der Waals surface area contributed by atoms with Crippen LogP contribution in [0.1, 0.15) is 23.7 Å². The molecule has 2 amide bonds. The number of amides is 2. The van der Waals surface area contributed by atoms with E-state index >= 15 is 0 Å². The number of rotatable bonds is 9. The van der Waals surface area contributed by atoms with Gasteiger partial charge in [0.15, 0.2) is 11.5 Å². The number of ether oxygens (including phenoxy) is 2. The Hall–Kier alpha value is -4.35. The van der Waals surface area contributed by atoms with Gasteiger partial charge in [-0.25, -0.2) is 10.1 Å². The lowest BCUT2D eigenvalue weighted by Gasteiger charge is -2.14. The van der Waals surface area contributed by atoms with Gasteiger partial charge in [0.2, 0.25) is 0 Å². The molecular weight excluding hydrogens is 614 g/mol. The van der Waals surface area contributed by atoms with Crippen LogP contribution in [0.15, 0.2) is 81.1 Å². The molecule has 3 aromatic carbocycles. The molecule has 0 aliphatic carbocycles. The van der Waals surface area contributed by atoms with E-state index in [1.165, 1.54) is 10.9 Å². The highest BCUT2D eigenvalue weighted by Gasteiger charge is 2.21. The van der Waals surface area contributed by atoms with Gasteiger partial charge in [-0.3, -0.25) is 19.1 Å². The van der Waals surface area contributed by atoms with Crippen LogP contribution in [0.4, 0.5) is 5.69 Å². The maximum Gasteiger partial charge on any atom is 0.329 e. The van der Waals surface area contributed by atoms with E-state index in [0.717, 1.165) is 5.56 Å². The summed E-state index contributed by atoms with van der Waals surface area (Å²) in [5.74, 6) is -1.10. The highest BCUT2D eigenvalue weighted by atomic mass is 79.9. The Balaban J connectivity index is 1.43. The van der Waals surface area contributed by atoms with Crippen LogP contribution in [0, 0.1) is 6.92 Å². The Kier molecular flexibility index (Phi) is 9.64. The van der Waals surface area contributed by atoms with E-state index in [4.69, 9.17) is 21.1 Å². The van der Waals surface area contributed by atoms with Crippen molar-refractivity contribution in [3.63, 3.8) is 0 Å². The maximum absolute atomic E-state index is 13.0. The predicted molar refractivity (Wildman–Crippen MR) is 161 cm³/mol. The molecule has 0 atom stereocenters.